The smallest absolute Gasteiger partial charge is 0.278 e. The summed E-state index contributed by atoms with van der Waals surface area (Å²) in [5.74, 6) is -0.515. The predicted molar refractivity (Wildman–Crippen MR) is 120 cm³/mol. The third kappa shape index (κ3) is 4.44. The van der Waals surface area contributed by atoms with Crippen molar-refractivity contribution in [1.82, 2.24) is 9.80 Å². The first-order valence-electron chi connectivity index (χ1n) is 10.0. The molecule has 1 aromatic heterocycles. The molecule has 4 rings (SSSR count). The molecule has 8 heteroatoms. The molecule has 2 aliphatic rings. The molecule has 30 heavy (non-hydrogen) atoms. The topological polar surface area (TPSA) is 61.9 Å². The maximum atomic E-state index is 13.2. The van der Waals surface area contributed by atoms with Gasteiger partial charge in [0.15, 0.2) is 0 Å². The van der Waals surface area contributed by atoms with Crippen molar-refractivity contribution in [3.05, 3.63) is 56.9 Å². The van der Waals surface area contributed by atoms with E-state index in [0.29, 0.717) is 22.8 Å². The Morgan fingerprint density at radius 3 is 2.63 bits per heavy atom. The minimum absolute atomic E-state index is 0.237. The number of morpholine rings is 1. The Kier molecular flexibility index (Phi) is 6.53. The largest absolute Gasteiger partial charge is 0.379 e. The molecule has 0 bridgehead atoms. The van der Waals surface area contributed by atoms with Crippen LogP contribution in [-0.2, 0) is 14.3 Å². The molecular weight excluding hydrogens is 422 g/mol. The fourth-order valence-electron chi connectivity index (χ4n) is 3.72. The predicted octanol–water partition coefficient (Wildman–Crippen LogP) is 3.62. The second-order valence-corrected chi connectivity index (χ2v) is 8.77. The number of ether oxygens (including phenoxy) is 1. The second-order valence-electron chi connectivity index (χ2n) is 7.38. The van der Waals surface area contributed by atoms with Crippen molar-refractivity contribution in [2.45, 2.75) is 13.3 Å². The normalized spacial score (nSPS) is 17.9. The van der Waals surface area contributed by atoms with Crippen LogP contribution in [-0.4, -0.2) is 61.0 Å². The first-order chi connectivity index (χ1) is 14.5. The fourth-order valence-corrected chi connectivity index (χ4v) is 4.72. The lowest BCUT2D eigenvalue weighted by atomic mass is 10.1. The average molecular weight is 446 g/mol. The number of hydrogen-bond acceptors (Lipinski definition) is 6. The molecule has 2 aliphatic heterocycles. The molecule has 3 heterocycles. The number of carbonyl (C=O) groups is 2. The monoisotopic (exact) mass is 445 g/mol. The lowest BCUT2D eigenvalue weighted by Gasteiger charge is -2.27. The van der Waals surface area contributed by atoms with Crippen LogP contribution in [0.3, 0.4) is 0 Å². The van der Waals surface area contributed by atoms with E-state index >= 15 is 0 Å². The lowest BCUT2D eigenvalue weighted by molar-refractivity contribution is -0.136. The molecule has 0 atom stereocenters. The van der Waals surface area contributed by atoms with Crippen LogP contribution in [0.25, 0.3) is 5.57 Å². The van der Waals surface area contributed by atoms with Crippen molar-refractivity contribution in [1.29, 1.82) is 0 Å². The van der Waals surface area contributed by atoms with E-state index in [-0.39, 0.29) is 11.8 Å². The van der Waals surface area contributed by atoms with Gasteiger partial charge >= 0.3 is 0 Å². The van der Waals surface area contributed by atoms with Gasteiger partial charge in [-0.15, -0.1) is 11.3 Å². The number of thiophene rings is 1. The Hall–Kier alpha value is -2.19. The maximum absolute atomic E-state index is 13.2. The summed E-state index contributed by atoms with van der Waals surface area (Å²) < 4.78 is 5.37. The van der Waals surface area contributed by atoms with Gasteiger partial charge in [0.25, 0.3) is 11.8 Å². The number of hydrogen-bond donors (Lipinski definition) is 1. The summed E-state index contributed by atoms with van der Waals surface area (Å²) in [4.78, 5) is 30.9. The van der Waals surface area contributed by atoms with Gasteiger partial charge in [-0.3, -0.25) is 19.4 Å². The van der Waals surface area contributed by atoms with Crippen LogP contribution >= 0.6 is 22.9 Å². The van der Waals surface area contributed by atoms with Gasteiger partial charge in [0.05, 0.1) is 18.8 Å². The zero-order chi connectivity index (χ0) is 21.1. The molecule has 1 N–H and O–H groups in total. The number of nitrogens with one attached hydrogen (secondary N) is 1. The van der Waals surface area contributed by atoms with Gasteiger partial charge in [-0.2, -0.15) is 0 Å². The Morgan fingerprint density at radius 1 is 1.13 bits per heavy atom. The quantitative estimate of drug-likeness (QED) is 0.659. The zero-order valence-electron chi connectivity index (χ0n) is 16.8. The van der Waals surface area contributed by atoms with Gasteiger partial charge in [0.1, 0.15) is 5.70 Å². The molecule has 2 amide bonds. The van der Waals surface area contributed by atoms with E-state index in [1.165, 1.54) is 16.2 Å². The molecular formula is C22H24ClN3O3S. The summed E-state index contributed by atoms with van der Waals surface area (Å²) in [6.45, 7) is 6.41. The number of imide groups is 1. The molecule has 1 fully saturated rings. The Bertz CT molecular complexity index is 968. The minimum Gasteiger partial charge on any atom is -0.379 e. The number of rotatable bonds is 7. The van der Waals surface area contributed by atoms with E-state index in [2.05, 4.69) is 10.2 Å². The summed E-state index contributed by atoms with van der Waals surface area (Å²) >= 11 is 7.52. The van der Waals surface area contributed by atoms with Gasteiger partial charge in [-0.1, -0.05) is 17.7 Å². The van der Waals surface area contributed by atoms with Crippen molar-refractivity contribution in [2.75, 3.05) is 44.7 Å². The zero-order valence-corrected chi connectivity index (χ0v) is 18.4. The van der Waals surface area contributed by atoms with Crippen molar-refractivity contribution >= 4 is 46.0 Å². The lowest BCUT2D eigenvalue weighted by Crippen LogP contribution is -2.39. The van der Waals surface area contributed by atoms with Crippen LogP contribution in [0.2, 0.25) is 5.02 Å². The summed E-state index contributed by atoms with van der Waals surface area (Å²) in [5, 5.41) is 5.75. The van der Waals surface area contributed by atoms with Crippen LogP contribution in [0, 0.1) is 6.92 Å². The van der Waals surface area contributed by atoms with Crippen LogP contribution < -0.4 is 5.32 Å². The molecule has 0 saturated carbocycles. The van der Waals surface area contributed by atoms with Crippen LogP contribution in [0.1, 0.15) is 16.9 Å². The minimum atomic E-state index is -0.278. The van der Waals surface area contributed by atoms with E-state index in [0.717, 1.165) is 55.4 Å². The molecule has 0 spiro atoms. The number of nitrogens with zero attached hydrogens (tertiary/aromatic N) is 2. The Balaban J connectivity index is 1.53. The molecule has 158 valence electrons. The number of benzene rings is 1. The highest BCUT2D eigenvalue weighted by Crippen LogP contribution is 2.33. The highest BCUT2D eigenvalue weighted by molar-refractivity contribution is 7.11. The molecule has 0 aliphatic carbocycles. The van der Waals surface area contributed by atoms with Gasteiger partial charge in [0.2, 0.25) is 0 Å². The molecule has 1 saturated heterocycles. The molecule has 2 aromatic rings. The van der Waals surface area contributed by atoms with E-state index in [1.54, 1.807) is 6.07 Å². The molecule has 6 nitrogen and oxygen atoms in total. The number of anilines is 1. The summed E-state index contributed by atoms with van der Waals surface area (Å²) in [6, 6.07) is 9.19. The second kappa shape index (κ2) is 9.31. The van der Waals surface area contributed by atoms with Gasteiger partial charge in [0, 0.05) is 41.8 Å². The van der Waals surface area contributed by atoms with E-state index in [4.69, 9.17) is 16.3 Å². The van der Waals surface area contributed by atoms with Gasteiger partial charge in [-0.05, 0) is 48.6 Å². The van der Waals surface area contributed by atoms with Crippen molar-refractivity contribution in [2.24, 2.45) is 0 Å². The van der Waals surface area contributed by atoms with Crippen molar-refractivity contribution < 1.29 is 14.3 Å². The number of halogens is 1. The van der Waals surface area contributed by atoms with Crippen LogP contribution in [0.5, 0.6) is 0 Å². The van der Waals surface area contributed by atoms with E-state index < -0.39 is 0 Å². The third-order valence-corrected chi connectivity index (χ3v) is 6.47. The summed E-state index contributed by atoms with van der Waals surface area (Å²) in [7, 11) is 0. The highest BCUT2D eigenvalue weighted by atomic mass is 35.5. The van der Waals surface area contributed by atoms with Crippen molar-refractivity contribution in [3.63, 3.8) is 0 Å². The number of amides is 2. The summed E-state index contributed by atoms with van der Waals surface area (Å²) in [6.07, 6.45) is 0.739. The maximum Gasteiger partial charge on any atom is 0.278 e. The molecule has 1 aromatic carbocycles. The van der Waals surface area contributed by atoms with E-state index in [9.17, 15) is 9.59 Å². The molecule has 0 unspecified atom stereocenters. The average Bonchev–Trinajstić information content (AvgIpc) is 3.33. The summed E-state index contributed by atoms with van der Waals surface area (Å²) in [5.41, 5.74) is 2.45. The standard InChI is InChI=1S/C22H24ClN3O3S/c1-15-14-16(23)5-6-17(15)24-20-19(18-4-2-13-30-18)21(27)26(22(20)28)8-3-7-25-9-11-29-12-10-25/h2,4-6,13-14,24H,3,7-12H2,1H3. The SMILES string of the molecule is Cc1cc(Cl)ccc1NC1=C(c2cccs2)C(=O)N(CCCN2CCOCC2)C1=O. The van der Waals surface area contributed by atoms with Crippen LogP contribution in [0.4, 0.5) is 5.69 Å². The van der Waals surface area contributed by atoms with Gasteiger partial charge in [-0.25, -0.2) is 0 Å². The van der Waals surface area contributed by atoms with E-state index in [1.807, 2.05) is 36.6 Å². The number of carbonyl (C=O) groups excluding carboxylic acids is 2. The highest BCUT2D eigenvalue weighted by Gasteiger charge is 2.39. The Labute approximate surface area is 185 Å². The Morgan fingerprint density at radius 2 is 1.93 bits per heavy atom. The van der Waals surface area contributed by atoms with Gasteiger partial charge < -0.3 is 10.1 Å². The van der Waals surface area contributed by atoms with Crippen LogP contribution in [0.15, 0.2) is 41.4 Å². The first kappa shape index (κ1) is 21.1. The number of aryl methyl sites for hydroxylation is 1. The van der Waals surface area contributed by atoms with Crippen molar-refractivity contribution in [3.8, 4) is 0 Å². The molecule has 0 radical (unpaired) electrons. The first-order valence-corrected chi connectivity index (χ1v) is 11.3. The fraction of sp³-hybridized carbons (Fsp3) is 0.364. The third-order valence-electron chi connectivity index (χ3n) is 5.34.